The topological polar surface area (TPSA) is 68.2 Å². The van der Waals surface area contributed by atoms with E-state index in [1.807, 2.05) is 65.8 Å². The molecule has 0 heterocycles. The standard InChI is InChI=1S/C38H46O5/c1-21-11-31(12-22(2)35(21)39)33-15-25(5)37(26(6)16-33)42-29(9)19-41-20-30(10)43-38-27(7)17-34(18-28(38)8)32-13-23(3)36(40)24(4)14-32/h11-18,29-30,39-40H,19-20H2,1-10H3. The highest BCUT2D eigenvalue weighted by Crippen LogP contribution is 2.35. The highest BCUT2D eigenvalue weighted by Gasteiger charge is 2.16. The molecule has 0 saturated carbocycles. The van der Waals surface area contributed by atoms with Gasteiger partial charge in [-0.25, -0.2) is 0 Å². The zero-order chi connectivity index (χ0) is 31.6. The van der Waals surface area contributed by atoms with Gasteiger partial charge in [-0.05, 0) is 185 Å². The van der Waals surface area contributed by atoms with Gasteiger partial charge < -0.3 is 24.4 Å². The quantitative estimate of drug-likeness (QED) is 0.195. The molecule has 4 rings (SSSR count). The van der Waals surface area contributed by atoms with Crippen LogP contribution in [0.4, 0.5) is 0 Å². The molecule has 0 aliphatic heterocycles. The Morgan fingerprint density at radius 3 is 0.930 bits per heavy atom. The van der Waals surface area contributed by atoms with Crippen LogP contribution < -0.4 is 9.47 Å². The second kappa shape index (κ2) is 13.1. The van der Waals surface area contributed by atoms with Gasteiger partial charge in [0.15, 0.2) is 0 Å². The number of ether oxygens (including phenoxy) is 3. The fraction of sp³-hybridized carbons (Fsp3) is 0.368. The predicted molar refractivity (Wildman–Crippen MR) is 176 cm³/mol. The Morgan fingerprint density at radius 2 is 0.674 bits per heavy atom. The summed E-state index contributed by atoms with van der Waals surface area (Å²) in [5, 5.41) is 20.3. The van der Waals surface area contributed by atoms with E-state index in [1.54, 1.807) is 0 Å². The van der Waals surface area contributed by atoms with Gasteiger partial charge in [0, 0.05) is 0 Å². The molecule has 0 aromatic heterocycles. The number of phenols is 2. The second-order valence-corrected chi connectivity index (χ2v) is 12.2. The molecule has 5 heteroatoms. The van der Waals surface area contributed by atoms with E-state index < -0.39 is 0 Å². The van der Waals surface area contributed by atoms with Crippen molar-refractivity contribution in [3.05, 3.63) is 93.0 Å². The van der Waals surface area contributed by atoms with E-state index in [1.165, 1.54) is 0 Å². The van der Waals surface area contributed by atoms with Crippen molar-refractivity contribution in [2.45, 2.75) is 81.4 Å². The first kappa shape index (κ1) is 32.0. The van der Waals surface area contributed by atoms with Gasteiger partial charge >= 0.3 is 0 Å². The van der Waals surface area contributed by atoms with Crippen molar-refractivity contribution in [2.24, 2.45) is 0 Å². The monoisotopic (exact) mass is 582 g/mol. The zero-order valence-corrected chi connectivity index (χ0v) is 27.3. The predicted octanol–water partition coefficient (Wildman–Crippen LogP) is 9.15. The number of hydrogen-bond donors (Lipinski definition) is 2. The fourth-order valence-electron chi connectivity index (χ4n) is 5.72. The van der Waals surface area contributed by atoms with E-state index >= 15 is 0 Å². The lowest BCUT2D eigenvalue weighted by Crippen LogP contribution is -2.25. The van der Waals surface area contributed by atoms with Crippen molar-refractivity contribution in [3.8, 4) is 45.3 Å². The first-order valence-corrected chi connectivity index (χ1v) is 15.0. The Morgan fingerprint density at radius 1 is 0.442 bits per heavy atom. The molecular formula is C38H46O5. The zero-order valence-electron chi connectivity index (χ0n) is 27.3. The van der Waals surface area contributed by atoms with Crippen LogP contribution in [0.2, 0.25) is 0 Å². The minimum atomic E-state index is -0.131. The average Bonchev–Trinajstić information content (AvgIpc) is 2.93. The lowest BCUT2D eigenvalue weighted by molar-refractivity contribution is 0.0181. The minimum Gasteiger partial charge on any atom is -0.507 e. The molecule has 2 N–H and O–H groups in total. The van der Waals surface area contributed by atoms with Crippen LogP contribution in [0.15, 0.2) is 48.5 Å². The molecule has 4 aromatic carbocycles. The number of phenolic OH excluding ortho intramolecular Hbond substituents is 2. The van der Waals surface area contributed by atoms with Crippen molar-refractivity contribution in [2.75, 3.05) is 13.2 Å². The molecule has 5 nitrogen and oxygen atoms in total. The van der Waals surface area contributed by atoms with Crippen LogP contribution in [-0.2, 0) is 4.74 Å². The number of aromatic hydroxyl groups is 2. The van der Waals surface area contributed by atoms with Gasteiger partial charge in [-0.2, -0.15) is 0 Å². The molecule has 0 aliphatic rings. The largest absolute Gasteiger partial charge is 0.507 e. The number of rotatable bonds is 10. The van der Waals surface area contributed by atoms with Gasteiger partial charge in [-0.3, -0.25) is 0 Å². The van der Waals surface area contributed by atoms with Crippen molar-refractivity contribution in [1.29, 1.82) is 0 Å². The Bertz CT molecular complexity index is 1420. The van der Waals surface area contributed by atoms with E-state index in [0.717, 1.165) is 78.3 Å². The van der Waals surface area contributed by atoms with E-state index in [-0.39, 0.29) is 12.2 Å². The van der Waals surface area contributed by atoms with E-state index in [2.05, 4.69) is 52.0 Å². The van der Waals surface area contributed by atoms with Gasteiger partial charge in [-0.1, -0.05) is 0 Å². The highest BCUT2D eigenvalue weighted by atomic mass is 16.6. The normalized spacial score (nSPS) is 12.7. The molecular weight excluding hydrogens is 536 g/mol. The lowest BCUT2D eigenvalue weighted by Gasteiger charge is -2.22. The Hall–Kier alpha value is -3.96. The molecule has 0 fully saturated rings. The van der Waals surface area contributed by atoms with Gasteiger partial charge in [0.1, 0.15) is 35.2 Å². The minimum absolute atomic E-state index is 0.131. The van der Waals surface area contributed by atoms with Crippen LogP contribution in [0.1, 0.15) is 58.4 Å². The van der Waals surface area contributed by atoms with E-state index in [9.17, 15) is 10.2 Å². The molecule has 0 spiro atoms. The van der Waals surface area contributed by atoms with Crippen LogP contribution in [-0.4, -0.2) is 35.6 Å². The van der Waals surface area contributed by atoms with Crippen LogP contribution in [0.5, 0.6) is 23.0 Å². The summed E-state index contributed by atoms with van der Waals surface area (Å²) in [6, 6.07) is 16.6. The summed E-state index contributed by atoms with van der Waals surface area (Å²) < 4.78 is 18.7. The van der Waals surface area contributed by atoms with Crippen molar-refractivity contribution < 1.29 is 24.4 Å². The maximum absolute atomic E-state index is 10.2. The lowest BCUT2D eigenvalue weighted by atomic mass is 9.96. The molecule has 4 aromatic rings. The maximum atomic E-state index is 10.2. The summed E-state index contributed by atoms with van der Waals surface area (Å²) in [6.07, 6.45) is -0.262. The molecule has 0 aliphatic carbocycles. The smallest absolute Gasteiger partial charge is 0.125 e. The number of benzene rings is 4. The first-order chi connectivity index (χ1) is 20.2. The summed E-state index contributed by atoms with van der Waals surface area (Å²) in [4.78, 5) is 0. The summed E-state index contributed by atoms with van der Waals surface area (Å²) in [5.41, 5.74) is 12.1. The Kier molecular flexibility index (Phi) is 9.76. The third-order valence-electron chi connectivity index (χ3n) is 7.91. The summed E-state index contributed by atoms with van der Waals surface area (Å²) in [5.74, 6) is 2.46. The number of aryl methyl sites for hydroxylation is 8. The molecule has 0 bridgehead atoms. The van der Waals surface area contributed by atoms with Gasteiger partial charge in [0.2, 0.25) is 0 Å². The first-order valence-electron chi connectivity index (χ1n) is 15.0. The van der Waals surface area contributed by atoms with Crippen LogP contribution in [0, 0.1) is 55.4 Å². The number of hydrogen-bond acceptors (Lipinski definition) is 5. The van der Waals surface area contributed by atoms with Crippen molar-refractivity contribution in [3.63, 3.8) is 0 Å². The molecule has 2 atom stereocenters. The maximum Gasteiger partial charge on any atom is 0.125 e. The summed E-state index contributed by atoms with van der Waals surface area (Å²) >= 11 is 0. The third-order valence-corrected chi connectivity index (χ3v) is 7.91. The van der Waals surface area contributed by atoms with E-state index in [0.29, 0.717) is 24.7 Å². The Balaban J connectivity index is 1.34. The SMILES string of the molecule is Cc1cc(-c2cc(C)c(OC(C)COCC(C)Oc3c(C)cc(-c4cc(C)c(O)c(C)c4)cc3C)c(C)c2)cc(C)c1O. The van der Waals surface area contributed by atoms with Gasteiger partial charge in [0.05, 0.1) is 13.2 Å². The molecule has 2 unspecified atom stereocenters. The molecule has 0 saturated heterocycles. The van der Waals surface area contributed by atoms with Gasteiger partial charge in [0.25, 0.3) is 0 Å². The third kappa shape index (κ3) is 7.34. The van der Waals surface area contributed by atoms with E-state index in [4.69, 9.17) is 14.2 Å². The molecule has 0 amide bonds. The fourth-order valence-corrected chi connectivity index (χ4v) is 5.72. The van der Waals surface area contributed by atoms with Crippen molar-refractivity contribution in [1.82, 2.24) is 0 Å². The average molecular weight is 583 g/mol. The van der Waals surface area contributed by atoms with Crippen molar-refractivity contribution >= 4 is 0 Å². The highest BCUT2D eigenvalue weighted by molar-refractivity contribution is 5.71. The second-order valence-electron chi connectivity index (χ2n) is 12.2. The van der Waals surface area contributed by atoms with Crippen LogP contribution >= 0.6 is 0 Å². The summed E-state index contributed by atoms with van der Waals surface area (Å²) in [6.45, 7) is 20.9. The van der Waals surface area contributed by atoms with Gasteiger partial charge in [-0.15, -0.1) is 0 Å². The Labute approximate surface area is 257 Å². The van der Waals surface area contributed by atoms with Crippen LogP contribution in [0.3, 0.4) is 0 Å². The van der Waals surface area contributed by atoms with Crippen LogP contribution in [0.25, 0.3) is 22.3 Å². The molecule has 43 heavy (non-hydrogen) atoms. The molecule has 0 radical (unpaired) electrons. The summed E-state index contributed by atoms with van der Waals surface area (Å²) in [7, 11) is 0. The molecule has 228 valence electrons.